The van der Waals surface area contributed by atoms with Gasteiger partial charge in [0.1, 0.15) is 0 Å². The molecule has 0 aliphatic heterocycles. The van der Waals surface area contributed by atoms with E-state index in [0.717, 1.165) is 0 Å². The van der Waals surface area contributed by atoms with E-state index < -0.39 is 0 Å². The van der Waals surface area contributed by atoms with Crippen LogP contribution in [0.2, 0.25) is 0 Å². The Kier molecular flexibility index (Phi) is 17.1. The molecule has 45 valence electrons. The van der Waals surface area contributed by atoms with E-state index in [1.165, 1.54) is 33.7 Å². The van der Waals surface area contributed by atoms with Crippen LogP contribution in [0.15, 0.2) is 0 Å². The number of hydrogen-bond acceptors (Lipinski definition) is 0. The van der Waals surface area contributed by atoms with E-state index in [0.29, 0.717) is 0 Å². The fraction of sp³-hybridized carbons (Fsp3) is 1.00. The monoisotopic (exact) mass is 141 g/mol. The minimum Gasteiger partial charge on any atom is -0.122 e. The Hall–Kier alpha value is 1.43. The first-order valence-corrected chi connectivity index (χ1v) is 4.54. The molecule has 0 bridgehead atoms. The summed E-state index contributed by atoms with van der Waals surface area (Å²) in [6, 6.07) is 0. The van der Waals surface area contributed by atoms with Crippen LogP contribution in [0.1, 0.15) is 26.7 Å². The molecule has 0 unspecified atom stereocenters. The predicted molar refractivity (Wildman–Crippen MR) is 44.4 cm³/mol. The molecule has 0 aliphatic rings. The van der Waals surface area contributed by atoms with E-state index in [9.17, 15) is 0 Å². The molecule has 0 fully saturated rings. The molecule has 0 spiro atoms. The van der Waals surface area contributed by atoms with Crippen LogP contribution in [0.4, 0.5) is 0 Å². The molecule has 0 aromatic carbocycles. The molecule has 0 amide bonds. The molecule has 2 heteroatoms. The van der Waals surface area contributed by atoms with Crippen LogP contribution in [0.25, 0.3) is 0 Å². The van der Waals surface area contributed by atoms with Crippen molar-refractivity contribution in [3.05, 3.63) is 0 Å². The molecule has 0 aromatic rings. The fourth-order valence-corrected chi connectivity index (χ4v) is 1.44. The number of hydrogen-bond donors (Lipinski definition) is 0. The third-order valence-electron chi connectivity index (χ3n) is 0.854. The van der Waals surface area contributed by atoms with E-state index in [2.05, 4.69) is 13.8 Å². The zero-order valence-corrected chi connectivity index (χ0v) is 9.33. The van der Waals surface area contributed by atoms with Gasteiger partial charge in [-0.3, -0.25) is 0 Å². The molecule has 0 aromatic heterocycles. The Morgan fingerprint density at radius 3 is 1.62 bits per heavy atom. The van der Waals surface area contributed by atoms with Gasteiger partial charge in [-0.05, 0) is 12.3 Å². The first kappa shape index (κ1) is 12.1. The maximum Gasteiger partial charge on any atom is 0 e. The third-order valence-corrected chi connectivity index (χ3v) is 2.56. The number of rotatable bonds is 4. The molecule has 0 saturated carbocycles. The molecule has 8 heavy (non-hydrogen) atoms. The zero-order valence-electron chi connectivity index (χ0n) is 6.33. The van der Waals surface area contributed by atoms with Crippen LogP contribution in [0, 0.1) is 0 Å². The standard InChI is InChI=1S/C6H15P.Na/c1-3-5-7-6-4-2;/h7H,3-6H2,1-2H3;. The zero-order chi connectivity index (χ0) is 5.54. The SMILES string of the molecule is CCCPCCC.[Na]. The van der Waals surface area contributed by atoms with Crippen molar-refractivity contribution in [2.75, 3.05) is 12.3 Å². The minimum atomic E-state index is 0. The van der Waals surface area contributed by atoms with Crippen LogP contribution < -0.4 is 0 Å². The maximum atomic E-state index is 2.25. The van der Waals surface area contributed by atoms with Crippen molar-refractivity contribution < 1.29 is 0 Å². The van der Waals surface area contributed by atoms with Crippen LogP contribution >= 0.6 is 8.58 Å². The summed E-state index contributed by atoms with van der Waals surface area (Å²) in [5.74, 6) is 0. The Morgan fingerprint density at radius 1 is 1.00 bits per heavy atom. The van der Waals surface area contributed by atoms with Gasteiger partial charge < -0.3 is 0 Å². The van der Waals surface area contributed by atoms with Crippen molar-refractivity contribution in [1.82, 2.24) is 0 Å². The molecular formula is C6H15NaP. The summed E-state index contributed by atoms with van der Waals surface area (Å²) >= 11 is 0. The molecule has 0 rings (SSSR count). The molecule has 0 heterocycles. The molecule has 0 aliphatic carbocycles. The van der Waals surface area contributed by atoms with Gasteiger partial charge in [-0.2, -0.15) is 0 Å². The van der Waals surface area contributed by atoms with Gasteiger partial charge in [-0.25, -0.2) is 0 Å². The van der Waals surface area contributed by atoms with Gasteiger partial charge in [0.15, 0.2) is 0 Å². The van der Waals surface area contributed by atoms with Crippen molar-refractivity contribution in [1.29, 1.82) is 0 Å². The quantitative estimate of drug-likeness (QED) is 0.319. The van der Waals surface area contributed by atoms with E-state index >= 15 is 0 Å². The predicted octanol–water partition coefficient (Wildman–Crippen LogP) is 2.10. The van der Waals surface area contributed by atoms with E-state index in [1.54, 1.807) is 0 Å². The van der Waals surface area contributed by atoms with Crippen molar-refractivity contribution in [2.24, 2.45) is 0 Å². The van der Waals surface area contributed by atoms with Crippen LogP contribution in [-0.4, -0.2) is 41.9 Å². The second-order valence-corrected chi connectivity index (χ2v) is 3.25. The topological polar surface area (TPSA) is 0 Å². The third kappa shape index (κ3) is 10.4. The summed E-state index contributed by atoms with van der Waals surface area (Å²) in [7, 11) is 1.23. The Labute approximate surface area is 76.9 Å². The Morgan fingerprint density at radius 2 is 1.38 bits per heavy atom. The second-order valence-electron chi connectivity index (χ2n) is 1.75. The molecular weight excluding hydrogens is 126 g/mol. The fourth-order valence-electron chi connectivity index (χ4n) is 0.479. The maximum absolute atomic E-state index is 2.25. The molecule has 0 N–H and O–H groups in total. The van der Waals surface area contributed by atoms with E-state index in [1.807, 2.05) is 0 Å². The van der Waals surface area contributed by atoms with Gasteiger partial charge in [-0.15, -0.1) is 8.58 Å². The van der Waals surface area contributed by atoms with Gasteiger partial charge in [0.05, 0.1) is 0 Å². The summed E-state index contributed by atoms with van der Waals surface area (Å²) in [5.41, 5.74) is 0. The summed E-state index contributed by atoms with van der Waals surface area (Å²) in [4.78, 5) is 0. The van der Waals surface area contributed by atoms with Crippen molar-refractivity contribution in [3.8, 4) is 0 Å². The summed E-state index contributed by atoms with van der Waals surface area (Å²) in [5, 5.41) is 0. The van der Waals surface area contributed by atoms with Gasteiger partial charge in [0, 0.05) is 29.6 Å². The van der Waals surface area contributed by atoms with Crippen LogP contribution in [0.3, 0.4) is 0 Å². The van der Waals surface area contributed by atoms with E-state index in [-0.39, 0.29) is 29.6 Å². The normalized spacial score (nSPS) is 8.25. The van der Waals surface area contributed by atoms with E-state index in [4.69, 9.17) is 0 Å². The summed E-state index contributed by atoms with van der Waals surface area (Å²) in [6.45, 7) is 4.51. The average molecular weight is 141 g/mol. The average Bonchev–Trinajstić information content (AvgIpc) is 1.69. The van der Waals surface area contributed by atoms with Gasteiger partial charge >= 0.3 is 0 Å². The smallest absolute Gasteiger partial charge is 0 e. The molecule has 0 atom stereocenters. The molecule has 0 saturated heterocycles. The summed E-state index contributed by atoms with van der Waals surface area (Å²) in [6.07, 6.45) is 5.65. The van der Waals surface area contributed by atoms with Crippen molar-refractivity contribution >= 4 is 38.1 Å². The van der Waals surface area contributed by atoms with Crippen LogP contribution in [-0.2, 0) is 0 Å². The minimum absolute atomic E-state index is 0. The largest absolute Gasteiger partial charge is 0.122 e. The second kappa shape index (κ2) is 11.3. The summed E-state index contributed by atoms with van der Waals surface area (Å²) < 4.78 is 0. The first-order chi connectivity index (χ1) is 3.41. The van der Waals surface area contributed by atoms with Crippen molar-refractivity contribution in [3.63, 3.8) is 0 Å². The van der Waals surface area contributed by atoms with Gasteiger partial charge in [-0.1, -0.05) is 26.7 Å². The van der Waals surface area contributed by atoms with Gasteiger partial charge in [0.25, 0.3) is 0 Å². The molecule has 0 nitrogen and oxygen atoms in total. The molecule has 1 radical (unpaired) electrons. The Bertz CT molecular complexity index is 27.7. The first-order valence-electron chi connectivity index (χ1n) is 3.12. The Balaban J connectivity index is 0. The van der Waals surface area contributed by atoms with Crippen LogP contribution in [0.5, 0.6) is 0 Å². The van der Waals surface area contributed by atoms with Gasteiger partial charge in [0.2, 0.25) is 0 Å². The van der Waals surface area contributed by atoms with Crippen molar-refractivity contribution in [2.45, 2.75) is 26.7 Å².